The summed E-state index contributed by atoms with van der Waals surface area (Å²) in [6.45, 7) is 2.49. The Morgan fingerprint density at radius 1 is 1.55 bits per heavy atom. The average molecular weight is 334 g/mol. The first-order valence-electron chi connectivity index (χ1n) is 6.06. The van der Waals surface area contributed by atoms with Crippen LogP contribution < -0.4 is 16.2 Å². The van der Waals surface area contributed by atoms with Gasteiger partial charge in [-0.05, 0) is 30.6 Å². The first kappa shape index (κ1) is 17.2. The smallest absolute Gasteiger partial charge is 0.248 e. The molecule has 0 aromatic carbocycles. The normalized spacial score (nSPS) is 11.7. The van der Waals surface area contributed by atoms with Crippen molar-refractivity contribution in [3.8, 4) is 0 Å². The maximum Gasteiger partial charge on any atom is 0.248 e. The number of hydrazine groups is 1. The van der Waals surface area contributed by atoms with E-state index < -0.39 is 0 Å². The van der Waals surface area contributed by atoms with E-state index in [2.05, 4.69) is 22.2 Å². The molecule has 5 nitrogen and oxygen atoms in total. The molecule has 0 aliphatic heterocycles. The highest BCUT2D eigenvalue weighted by molar-refractivity contribution is 7.99. The van der Waals surface area contributed by atoms with Gasteiger partial charge in [-0.3, -0.25) is 15.6 Å². The fourth-order valence-corrected chi connectivity index (χ4v) is 3.27. The van der Waals surface area contributed by atoms with Crippen LogP contribution in [0.25, 0.3) is 0 Å². The van der Waals surface area contributed by atoms with E-state index in [9.17, 15) is 4.79 Å². The second kappa shape index (κ2) is 9.98. The van der Waals surface area contributed by atoms with Gasteiger partial charge in [0, 0.05) is 23.8 Å². The predicted octanol–water partition coefficient (Wildman–Crippen LogP) is 1.51. The zero-order valence-electron chi connectivity index (χ0n) is 11.5. The molecule has 1 aromatic heterocycles. The molecule has 0 fully saturated rings. The molecule has 0 aliphatic carbocycles. The largest absolute Gasteiger partial charge is 0.383 e. The topological polar surface area (TPSA) is 62.4 Å². The molecule has 1 aromatic rings. The Balaban J connectivity index is 2.08. The van der Waals surface area contributed by atoms with E-state index in [4.69, 9.17) is 17.0 Å². The molecule has 1 amide bonds. The third-order valence-corrected chi connectivity index (χ3v) is 4.43. The summed E-state index contributed by atoms with van der Waals surface area (Å²) < 4.78 is 4.98. The van der Waals surface area contributed by atoms with Crippen LogP contribution in [0.1, 0.15) is 11.8 Å². The molecular weight excluding hydrogens is 314 g/mol. The van der Waals surface area contributed by atoms with E-state index in [1.165, 1.54) is 4.88 Å². The van der Waals surface area contributed by atoms with E-state index in [0.29, 0.717) is 17.5 Å². The molecule has 0 radical (unpaired) electrons. The highest BCUT2D eigenvalue weighted by Crippen LogP contribution is 2.16. The van der Waals surface area contributed by atoms with Crippen molar-refractivity contribution in [3.63, 3.8) is 0 Å². The molecule has 0 aliphatic rings. The number of nitrogens with one attached hydrogen (secondary N) is 3. The van der Waals surface area contributed by atoms with Gasteiger partial charge in [0.05, 0.1) is 12.4 Å². The second-order valence-corrected chi connectivity index (χ2v) is 6.50. The average Bonchev–Trinajstić information content (AvgIpc) is 2.90. The van der Waals surface area contributed by atoms with Crippen LogP contribution in [-0.4, -0.2) is 36.5 Å². The van der Waals surface area contributed by atoms with Crippen LogP contribution in [0.3, 0.4) is 0 Å². The summed E-state index contributed by atoms with van der Waals surface area (Å²) in [5.74, 6) is 1.13. The standard InChI is InChI=1S/C12H19N3O2S3/c1-9(6-17-2)13-12(18)15-14-11(16)8-19-7-10-4-3-5-20-10/h3-5,9H,6-8H2,1-2H3,(H,14,16)(H2,13,15,18)/t9-/m1/s1. The van der Waals surface area contributed by atoms with Crippen LogP contribution in [0.4, 0.5) is 0 Å². The van der Waals surface area contributed by atoms with Crippen molar-refractivity contribution < 1.29 is 9.53 Å². The van der Waals surface area contributed by atoms with Crippen LogP contribution in [-0.2, 0) is 15.3 Å². The Kier molecular flexibility index (Phi) is 8.59. The summed E-state index contributed by atoms with van der Waals surface area (Å²) in [5.41, 5.74) is 5.23. The van der Waals surface area contributed by atoms with Gasteiger partial charge >= 0.3 is 0 Å². The molecule has 112 valence electrons. The Morgan fingerprint density at radius 3 is 3.00 bits per heavy atom. The summed E-state index contributed by atoms with van der Waals surface area (Å²) in [6, 6.07) is 4.16. The number of amides is 1. The monoisotopic (exact) mass is 333 g/mol. The lowest BCUT2D eigenvalue weighted by atomic mass is 10.4. The highest BCUT2D eigenvalue weighted by atomic mass is 32.2. The van der Waals surface area contributed by atoms with Crippen LogP contribution >= 0.6 is 35.3 Å². The quantitative estimate of drug-likeness (QED) is 0.519. The van der Waals surface area contributed by atoms with Crippen LogP contribution in [0, 0.1) is 0 Å². The van der Waals surface area contributed by atoms with Crippen LogP contribution in [0.2, 0.25) is 0 Å². The SMILES string of the molecule is COC[C@@H](C)NC(=S)NNC(=O)CSCc1cccs1. The number of thioether (sulfide) groups is 1. The number of methoxy groups -OCH3 is 1. The molecular formula is C12H19N3O2S3. The first-order chi connectivity index (χ1) is 9.61. The van der Waals surface area contributed by atoms with Crippen LogP contribution in [0.5, 0.6) is 0 Å². The molecule has 0 saturated carbocycles. The number of hydrogen-bond donors (Lipinski definition) is 3. The minimum atomic E-state index is -0.102. The summed E-state index contributed by atoms with van der Waals surface area (Å²) in [7, 11) is 1.63. The van der Waals surface area contributed by atoms with Gasteiger partial charge in [0.2, 0.25) is 5.91 Å². The fraction of sp³-hybridized carbons (Fsp3) is 0.500. The minimum absolute atomic E-state index is 0.0881. The van der Waals surface area contributed by atoms with Gasteiger partial charge in [-0.15, -0.1) is 23.1 Å². The zero-order chi connectivity index (χ0) is 14.8. The third kappa shape index (κ3) is 7.68. The van der Waals surface area contributed by atoms with Crippen molar-refractivity contribution in [2.24, 2.45) is 0 Å². The summed E-state index contributed by atoms with van der Waals surface area (Å²) in [5, 5.41) is 5.40. The van der Waals surface area contributed by atoms with Crippen molar-refractivity contribution in [1.82, 2.24) is 16.2 Å². The van der Waals surface area contributed by atoms with Crippen molar-refractivity contribution in [2.75, 3.05) is 19.5 Å². The fourth-order valence-electron chi connectivity index (χ4n) is 1.35. The van der Waals surface area contributed by atoms with Gasteiger partial charge in [0.1, 0.15) is 0 Å². The number of thiocarbonyl (C=S) groups is 1. The molecule has 0 spiro atoms. The lowest BCUT2D eigenvalue weighted by Gasteiger charge is -2.16. The number of thiophene rings is 1. The number of hydrogen-bond acceptors (Lipinski definition) is 5. The molecule has 1 rings (SSSR count). The van der Waals surface area contributed by atoms with E-state index in [1.54, 1.807) is 30.2 Å². The third-order valence-electron chi connectivity index (χ3n) is 2.17. The Morgan fingerprint density at radius 2 is 2.35 bits per heavy atom. The van der Waals surface area contributed by atoms with Gasteiger partial charge in [-0.25, -0.2) is 0 Å². The maximum atomic E-state index is 11.6. The van der Waals surface area contributed by atoms with Crippen LogP contribution in [0.15, 0.2) is 17.5 Å². The van der Waals surface area contributed by atoms with Gasteiger partial charge in [-0.1, -0.05) is 6.07 Å². The number of carbonyl (C=O) groups excluding carboxylic acids is 1. The van der Waals surface area contributed by atoms with E-state index >= 15 is 0 Å². The summed E-state index contributed by atoms with van der Waals surface area (Å²) in [6.07, 6.45) is 0. The van der Waals surface area contributed by atoms with Gasteiger partial charge in [0.25, 0.3) is 0 Å². The van der Waals surface area contributed by atoms with E-state index in [0.717, 1.165) is 5.75 Å². The number of rotatable bonds is 7. The molecule has 20 heavy (non-hydrogen) atoms. The summed E-state index contributed by atoms with van der Waals surface area (Å²) in [4.78, 5) is 12.8. The van der Waals surface area contributed by atoms with E-state index in [-0.39, 0.29) is 11.9 Å². The molecule has 1 atom stereocenters. The maximum absolute atomic E-state index is 11.6. The van der Waals surface area contributed by atoms with Gasteiger partial charge in [-0.2, -0.15) is 0 Å². The Bertz CT molecular complexity index is 412. The first-order valence-corrected chi connectivity index (χ1v) is 8.50. The number of carbonyl (C=O) groups is 1. The molecule has 1 heterocycles. The molecule has 3 N–H and O–H groups in total. The molecule has 0 bridgehead atoms. The lowest BCUT2D eigenvalue weighted by Crippen LogP contribution is -2.50. The second-order valence-electron chi connectivity index (χ2n) is 4.08. The number of ether oxygens (including phenoxy) is 1. The zero-order valence-corrected chi connectivity index (χ0v) is 13.9. The molecule has 8 heteroatoms. The van der Waals surface area contributed by atoms with E-state index in [1.807, 2.05) is 18.4 Å². The lowest BCUT2D eigenvalue weighted by molar-refractivity contribution is -0.119. The van der Waals surface area contributed by atoms with Gasteiger partial charge in [0.15, 0.2) is 5.11 Å². The molecule has 0 saturated heterocycles. The van der Waals surface area contributed by atoms with Gasteiger partial charge < -0.3 is 10.1 Å². The van der Waals surface area contributed by atoms with Crippen molar-refractivity contribution in [1.29, 1.82) is 0 Å². The van der Waals surface area contributed by atoms with Crippen molar-refractivity contribution >= 4 is 46.3 Å². The minimum Gasteiger partial charge on any atom is -0.383 e. The highest BCUT2D eigenvalue weighted by Gasteiger charge is 2.05. The molecule has 0 unspecified atom stereocenters. The van der Waals surface area contributed by atoms with Crippen molar-refractivity contribution in [2.45, 2.75) is 18.7 Å². The Labute approximate surface area is 132 Å². The summed E-state index contributed by atoms with van der Waals surface area (Å²) >= 11 is 8.30. The van der Waals surface area contributed by atoms with Crippen molar-refractivity contribution in [3.05, 3.63) is 22.4 Å². The Hall–Kier alpha value is -0.830. The predicted molar refractivity (Wildman–Crippen MR) is 88.8 cm³/mol.